The molecule has 0 amide bonds. The first-order valence-corrected chi connectivity index (χ1v) is 8.16. The summed E-state index contributed by atoms with van der Waals surface area (Å²) in [5.41, 5.74) is -0.645. The van der Waals surface area contributed by atoms with Crippen LogP contribution in [0.5, 0.6) is 5.75 Å². The molecule has 0 bridgehead atoms. The van der Waals surface area contributed by atoms with Crippen LogP contribution in [0.2, 0.25) is 0 Å². The van der Waals surface area contributed by atoms with Gasteiger partial charge in [-0.05, 0) is 76.1 Å². The number of benzene rings is 1. The third-order valence-electron chi connectivity index (χ3n) is 4.37. The van der Waals surface area contributed by atoms with E-state index in [1.807, 2.05) is 7.05 Å². The van der Waals surface area contributed by atoms with Crippen LogP contribution in [-0.4, -0.2) is 44.7 Å². The molecule has 0 spiro atoms. The van der Waals surface area contributed by atoms with Crippen LogP contribution in [-0.2, 0) is 6.18 Å². The highest BCUT2D eigenvalue weighted by Gasteiger charge is 2.30. The van der Waals surface area contributed by atoms with E-state index in [2.05, 4.69) is 10.2 Å². The maximum absolute atomic E-state index is 12.5. The van der Waals surface area contributed by atoms with E-state index in [1.54, 1.807) is 0 Å². The number of ether oxygens (including phenoxy) is 1. The maximum atomic E-state index is 12.5. The van der Waals surface area contributed by atoms with E-state index in [1.165, 1.54) is 31.4 Å². The summed E-state index contributed by atoms with van der Waals surface area (Å²) >= 11 is 0. The second-order valence-corrected chi connectivity index (χ2v) is 6.05. The van der Waals surface area contributed by atoms with Crippen molar-refractivity contribution >= 4 is 12.4 Å². The molecule has 1 aliphatic heterocycles. The Bertz CT molecular complexity index is 460. The molecule has 0 aliphatic carbocycles. The number of nitrogens with one attached hydrogen (secondary N) is 1. The van der Waals surface area contributed by atoms with Crippen LogP contribution in [0.15, 0.2) is 24.3 Å². The Kier molecular flexibility index (Phi) is 8.87. The summed E-state index contributed by atoms with van der Waals surface area (Å²) in [6.45, 7) is 4.55. The lowest BCUT2D eigenvalue weighted by Crippen LogP contribution is -2.37. The minimum absolute atomic E-state index is 0. The van der Waals surface area contributed by atoms with Crippen LogP contribution in [0.3, 0.4) is 0 Å². The number of nitrogens with zero attached hydrogens (tertiary/aromatic N) is 1. The summed E-state index contributed by atoms with van der Waals surface area (Å²) in [6, 6.07) is 4.88. The second kappa shape index (κ2) is 10.1. The lowest BCUT2D eigenvalue weighted by molar-refractivity contribution is -0.137. The summed E-state index contributed by atoms with van der Waals surface area (Å²) < 4.78 is 43.0. The summed E-state index contributed by atoms with van der Waals surface area (Å²) in [4.78, 5) is 2.36. The normalized spacial score (nSPS) is 16.7. The van der Waals surface area contributed by atoms with Crippen molar-refractivity contribution in [1.29, 1.82) is 0 Å². The van der Waals surface area contributed by atoms with E-state index in [-0.39, 0.29) is 12.4 Å². The van der Waals surface area contributed by atoms with Crippen molar-refractivity contribution in [3.8, 4) is 5.75 Å². The molecule has 1 aliphatic rings. The van der Waals surface area contributed by atoms with Crippen molar-refractivity contribution < 1.29 is 17.9 Å². The largest absolute Gasteiger partial charge is 0.492 e. The fourth-order valence-corrected chi connectivity index (χ4v) is 2.88. The van der Waals surface area contributed by atoms with Crippen molar-refractivity contribution in [2.75, 3.05) is 39.8 Å². The molecular formula is C17H26ClF3N2O. The van der Waals surface area contributed by atoms with Gasteiger partial charge >= 0.3 is 6.18 Å². The molecule has 2 rings (SSSR count). The van der Waals surface area contributed by atoms with Crippen molar-refractivity contribution in [3.05, 3.63) is 29.8 Å². The number of hydrogen-bond acceptors (Lipinski definition) is 3. The predicted octanol–water partition coefficient (Wildman–Crippen LogP) is 3.83. The molecule has 0 radical (unpaired) electrons. The predicted molar refractivity (Wildman–Crippen MR) is 91.9 cm³/mol. The zero-order chi connectivity index (χ0) is 16.7. The van der Waals surface area contributed by atoms with Gasteiger partial charge in [0.2, 0.25) is 0 Å². The lowest BCUT2D eigenvalue weighted by atomic mass is 9.93. The molecule has 1 N–H and O–H groups in total. The van der Waals surface area contributed by atoms with Crippen LogP contribution >= 0.6 is 12.4 Å². The zero-order valence-electron chi connectivity index (χ0n) is 13.9. The SMILES string of the molecule is CNCCC1CCN(CCOc2ccc(C(F)(F)F)cc2)CC1.Cl. The Balaban J connectivity index is 0.00000288. The average Bonchev–Trinajstić information content (AvgIpc) is 2.54. The molecule has 0 unspecified atom stereocenters. The van der Waals surface area contributed by atoms with Crippen molar-refractivity contribution in [3.63, 3.8) is 0 Å². The summed E-state index contributed by atoms with van der Waals surface area (Å²) in [7, 11) is 1.98. The molecule has 138 valence electrons. The van der Waals surface area contributed by atoms with Gasteiger partial charge in [-0.15, -0.1) is 12.4 Å². The number of likely N-dealkylation sites (tertiary alicyclic amines) is 1. The zero-order valence-corrected chi connectivity index (χ0v) is 14.8. The second-order valence-electron chi connectivity index (χ2n) is 6.05. The van der Waals surface area contributed by atoms with Crippen molar-refractivity contribution in [2.24, 2.45) is 5.92 Å². The van der Waals surface area contributed by atoms with Crippen molar-refractivity contribution in [2.45, 2.75) is 25.4 Å². The fourth-order valence-electron chi connectivity index (χ4n) is 2.88. The van der Waals surface area contributed by atoms with E-state index < -0.39 is 11.7 Å². The van der Waals surface area contributed by atoms with Gasteiger partial charge in [0.05, 0.1) is 5.56 Å². The van der Waals surface area contributed by atoms with Crippen LogP contribution in [0.25, 0.3) is 0 Å². The molecule has 0 aromatic heterocycles. The first-order chi connectivity index (χ1) is 11.0. The standard InChI is InChI=1S/C17H25F3N2O.ClH/c1-21-9-6-14-7-10-22(11-8-14)12-13-23-16-4-2-15(3-5-16)17(18,19)20;/h2-5,14,21H,6-13H2,1H3;1H. The molecule has 1 aromatic rings. The number of rotatable bonds is 7. The van der Waals surface area contributed by atoms with Gasteiger partial charge < -0.3 is 10.1 Å². The van der Waals surface area contributed by atoms with Crippen LogP contribution in [0.4, 0.5) is 13.2 Å². The number of halogens is 4. The van der Waals surface area contributed by atoms with Crippen LogP contribution in [0, 0.1) is 5.92 Å². The number of hydrogen-bond donors (Lipinski definition) is 1. The quantitative estimate of drug-likeness (QED) is 0.793. The molecule has 1 aromatic carbocycles. The van der Waals surface area contributed by atoms with E-state index >= 15 is 0 Å². The smallest absolute Gasteiger partial charge is 0.416 e. The van der Waals surface area contributed by atoms with Gasteiger partial charge in [-0.1, -0.05) is 0 Å². The molecule has 0 saturated carbocycles. The van der Waals surface area contributed by atoms with Gasteiger partial charge in [0, 0.05) is 6.54 Å². The van der Waals surface area contributed by atoms with Crippen LogP contribution < -0.4 is 10.1 Å². The van der Waals surface area contributed by atoms with E-state index in [0.717, 1.165) is 44.2 Å². The van der Waals surface area contributed by atoms with Crippen LogP contribution in [0.1, 0.15) is 24.8 Å². The molecule has 0 atom stereocenters. The highest BCUT2D eigenvalue weighted by atomic mass is 35.5. The molecule has 24 heavy (non-hydrogen) atoms. The van der Waals surface area contributed by atoms with Gasteiger partial charge in [-0.2, -0.15) is 13.2 Å². The summed E-state index contributed by atoms with van der Waals surface area (Å²) in [5, 5.41) is 3.19. The minimum atomic E-state index is -4.30. The summed E-state index contributed by atoms with van der Waals surface area (Å²) in [6.07, 6.45) is -0.646. The van der Waals surface area contributed by atoms with Gasteiger partial charge in [-0.25, -0.2) is 0 Å². The van der Waals surface area contributed by atoms with E-state index in [4.69, 9.17) is 4.74 Å². The number of alkyl halides is 3. The van der Waals surface area contributed by atoms with E-state index in [9.17, 15) is 13.2 Å². The Labute approximate surface area is 148 Å². The van der Waals surface area contributed by atoms with Gasteiger partial charge in [-0.3, -0.25) is 4.90 Å². The molecule has 1 heterocycles. The topological polar surface area (TPSA) is 24.5 Å². The molecular weight excluding hydrogens is 341 g/mol. The Hall–Kier alpha value is -0.980. The fraction of sp³-hybridized carbons (Fsp3) is 0.647. The first-order valence-electron chi connectivity index (χ1n) is 8.16. The third-order valence-corrected chi connectivity index (χ3v) is 4.37. The third kappa shape index (κ3) is 6.87. The Morgan fingerprint density at radius 3 is 2.33 bits per heavy atom. The molecule has 3 nitrogen and oxygen atoms in total. The highest BCUT2D eigenvalue weighted by Crippen LogP contribution is 2.30. The first kappa shape index (κ1) is 21.1. The average molecular weight is 367 g/mol. The Morgan fingerprint density at radius 2 is 1.79 bits per heavy atom. The molecule has 7 heteroatoms. The van der Waals surface area contributed by atoms with Gasteiger partial charge in [0.25, 0.3) is 0 Å². The Morgan fingerprint density at radius 1 is 1.17 bits per heavy atom. The van der Waals surface area contributed by atoms with Gasteiger partial charge in [0.15, 0.2) is 0 Å². The molecule has 1 fully saturated rings. The maximum Gasteiger partial charge on any atom is 0.416 e. The molecule has 1 saturated heterocycles. The minimum Gasteiger partial charge on any atom is -0.492 e. The number of piperidine rings is 1. The monoisotopic (exact) mass is 366 g/mol. The van der Waals surface area contributed by atoms with Crippen molar-refractivity contribution in [1.82, 2.24) is 10.2 Å². The van der Waals surface area contributed by atoms with E-state index in [0.29, 0.717) is 12.4 Å². The lowest BCUT2D eigenvalue weighted by Gasteiger charge is -2.31. The van der Waals surface area contributed by atoms with Gasteiger partial charge in [0.1, 0.15) is 12.4 Å². The highest BCUT2D eigenvalue weighted by molar-refractivity contribution is 5.85. The summed E-state index contributed by atoms with van der Waals surface area (Å²) in [5.74, 6) is 1.29.